The van der Waals surface area contributed by atoms with Gasteiger partial charge in [0.15, 0.2) is 5.69 Å². The van der Waals surface area contributed by atoms with Crippen molar-refractivity contribution < 1.29 is 9.59 Å². The van der Waals surface area contributed by atoms with E-state index in [2.05, 4.69) is 20.8 Å². The van der Waals surface area contributed by atoms with E-state index in [0.29, 0.717) is 11.4 Å². The molecule has 2 heterocycles. The molecule has 0 spiro atoms. The maximum absolute atomic E-state index is 12.4. The number of hydrogen-bond acceptors (Lipinski definition) is 3. The van der Waals surface area contributed by atoms with Crippen molar-refractivity contribution in [1.82, 2.24) is 20.1 Å². The molecule has 7 heteroatoms. The Morgan fingerprint density at radius 3 is 2.72 bits per heavy atom. The lowest BCUT2D eigenvalue weighted by Crippen LogP contribution is -2.23. The van der Waals surface area contributed by atoms with Crippen LogP contribution in [-0.4, -0.2) is 33.6 Å². The van der Waals surface area contributed by atoms with Crippen molar-refractivity contribution in [3.63, 3.8) is 0 Å². The normalized spacial score (nSPS) is 11.0. The van der Waals surface area contributed by atoms with Crippen molar-refractivity contribution in [2.45, 2.75) is 26.3 Å². The average molecular weight is 339 g/mol. The lowest BCUT2D eigenvalue weighted by Gasteiger charge is -2.07. The fourth-order valence-electron chi connectivity index (χ4n) is 2.58. The number of carbonyl (C=O) groups excluding carboxylic acids is 2. The van der Waals surface area contributed by atoms with Crippen molar-refractivity contribution in [2.75, 3.05) is 12.4 Å². The summed E-state index contributed by atoms with van der Waals surface area (Å²) in [6.07, 6.45) is 1.86. The molecule has 3 N–H and O–H groups in total. The minimum Gasteiger partial charge on any atom is -0.358 e. The van der Waals surface area contributed by atoms with E-state index in [-0.39, 0.29) is 24.3 Å². The Kier molecular flexibility index (Phi) is 4.56. The molecule has 3 rings (SSSR count). The number of anilines is 1. The number of aromatic amines is 1. The average Bonchev–Trinajstić information content (AvgIpc) is 3.22. The van der Waals surface area contributed by atoms with Gasteiger partial charge < -0.3 is 15.2 Å². The summed E-state index contributed by atoms with van der Waals surface area (Å²) in [5.74, 6) is -0.0741. The van der Waals surface area contributed by atoms with Crippen LogP contribution in [0.15, 0.2) is 36.5 Å². The minimum atomic E-state index is -0.271. The minimum absolute atomic E-state index is 0.0790. The van der Waals surface area contributed by atoms with Crippen LogP contribution in [0.2, 0.25) is 0 Å². The number of benzene rings is 1. The van der Waals surface area contributed by atoms with Gasteiger partial charge in [0.05, 0.1) is 5.52 Å². The van der Waals surface area contributed by atoms with Gasteiger partial charge in [-0.3, -0.25) is 14.7 Å². The highest BCUT2D eigenvalue weighted by atomic mass is 16.2. The number of fused-ring (bicyclic) bond motifs is 1. The molecule has 0 aliphatic carbocycles. The number of likely N-dealkylation sites (N-methyl/N-ethyl adjacent to an activating group) is 1. The zero-order valence-corrected chi connectivity index (χ0v) is 14.5. The van der Waals surface area contributed by atoms with Crippen LogP contribution < -0.4 is 10.6 Å². The number of H-pyrrole nitrogens is 1. The summed E-state index contributed by atoms with van der Waals surface area (Å²) in [5.41, 5.74) is 2.80. The maximum Gasteiger partial charge on any atom is 0.276 e. The Morgan fingerprint density at radius 2 is 2.04 bits per heavy atom. The third kappa shape index (κ3) is 3.55. The van der Waals surface area contributed by atoms with Gasteiger partial charge in [-0.05, 0) is 35.6 Å². The summed E-state index contributed by atoms with van der Waals surface area (Å²) in [5, 5.41) is 13.4. The van der Waals surface area contributed by atoms with E-state index in [0.717, 1.165) is 16.6 Å². The molecule has 0 fully saturated rings. The molecule has 2 amide bonds. The summed E-state index contributed by atoms with van der Waals surface area (Å²) in [7, 11) is 1.61. The van der Waals surface area contributed by atoms with E-state index in [1.807, 2.05) is 48.9 Å². The van der Waals surface area contributed by atoms with Gasteiger partial charge in [0.1, 0.15) is 6.54 Å². The Morgan fingerprint density at radius 1 is 1.24 bits per heavy atom. The van der Waals surface area contributed by atoms with Crippen LogP contribution in [0, 0.1) is 0 Å². The predicted molar refractivity (Wildman–Crippen MR) is 96.6 cm³/mol. The molecule has 130 valence electrons. The molecule has 0 aliphatic rings. The smallest absolute Gasteiger partial charge is 0.276 e. The molecule has 0 saturated carbocycles. The van der Waals surface area contributed by atoms with Crippen molar-refractivity contribution in [3.8, 4) is 0 Å². The first-order valence-electron chi connectivity index (χ1n) is 8.14. The van der Waals surface area contributed by atoms with Crippen LogP contribution in [0.1, 0.15) is 35.9 Å². The summed E-state index contributed by atoms with van der Waals surface area (Å²) in [6, 6.07) is 9.29. The molecular weight excluding hydrogens is 318 g/mol. The van der Waals surface area contributed by atoms with Gasteiger partial charge in [0, 0.05) is 24.6 Å². The molecule has 0 bridgehead atoms. The molecule has 0 saturated heterocycles. The molecule has 3 aromatic rings. The molecule has 2 aromatic heterocycles. The van der Waals surface area contributed by atoms with Gasteiger partial charge in [-0.1, -0.05) is 19.9 Å². The van der Waals surface area contributed by atoms with Gasteiger partial charge in [-0.2, -0.15) is 5.10 Å². The fourth-order valence-corrected chi connectivity index (χ4v) is 2.58. The van der Waals surface area contributed by atoms with Crippen LogP contribution in [0.4, 0.5) is 5.69 Å². The molecule has 25 heavy (non-hydrogen) atoms. The Balaban J connectivity index is 1.82. The first-order valence-corrected chi connectivity index (χ1v) is 8.14. The van der Waals surface area contributed by atoms with E-state index in [4.69, 9.17) is 0 Å². The lowest BCUT2D eigenvalue weighted by molar-refractivity contribution is -0.121. The van der Waals surface area contributed by atoms with E-state index < -0.39 is 0 Å². The summed E-state index contributed by atoms with van der Waals surface area (Å²) in [4.78, 5) is 24.0. The molecule has 0 atom stereocenters. The van der Waals surface area contributed by atoms with E-state index >= 15 is 0 Å². The summed E-state index contributed by atoms with van der Waals surface area (Å²) < 4.78 is 1.84. The number of nitrogens with one attached hydrogen (secondary N) is 3. The first kappa shape index (κ1) is 16.8. The highest BCUT2D eigenvalue weighted by Gasteiger charge is 2.13. The second-order valence-corrected chi connectivity index (χ2v) is 6.21. The zero-order chi connectivity index (χ0) is 18.0. The second-order valence-electron chi connectivity index (χ2n) is 6.21. The lowest BCUT2D eigenvalue weighted by atomic mass is 10.1. The van der Waals surface area contributed by atoms with Gasteiger partial charge in [0.25, 0.3) is 5.91 Å². The fraction of sp³-hybridized carbons (Fsp3) is 0.278. The molecule has 7 nitrogen and oxygen atoms in total. The molecule has 0 aliphatic heterocycles. The highest BCUT2D eigenvalue weighted by molar-refractivity contribution is 6.03. The zero-order valence-electron chi connectivity index (χ0n) is 14.5. The van der Waals surface area contributed by atoms with E-state index in [1.165, 1.54) is 0 Å². The molecule has 0 radical (unpaired) electrons. The van der Waals surface area contributed by atoms with Crippen LogP contribution in [-0.2, 0) is 11.3 Å². The molecule has 1 aromatic carbocycles. The first-order chi connectivity index (χ1) is 12.0. The third-order valence-corrected chi connectivity index (χ3v) is 4.08. The Bertz CT molecular complexity index is 923. The Hall–Kier alpha value is -3.09. The number of carbonyl (C=O) groups is 2. The van der Waals surface area contributed by atoms with Crippen molar-refractivity contribution in [1.29, 1.82) is 0 Å². The standard InChI is InChI=1S/C18H21N5O2/c1-11(2)14-9-15(22-21-14)18(25)20-13-5-4-12-6-7-23(16(12)8-13)10-17(24)19-3/h4-9,11H,10H2,1-3H3,(H,19,24)(H,20,25)(H,21,22). The van der Waals surface area contributed by atoms with Gasteiger partial charge >= 0.3 is 0 Å². The van der Waals surface area contributed by atoms with Gasteiger partial charge in [-0.25, -0.2) is 0 Å². The van der Waals surface area contributed by atoms with Gasteiger partial charge in [0.2, 0.25) is 5.91 Å². The molecular formula is C18H21N5O2. The maximum atomic E-state index is 12.4. The number of nitrogens with zero attached hydrogens (tertiary/aromatic N) is 2. The largest absolute Gasteiger partial charge is 0.358 e. The van der Waals surface area contributed by atoms with Crippen LogP contribution in [0.5, 0.6) is 0 Å². The number of aromatic nitrogens is 3. The Labute approximate surface area is 145 Å². The number of hydrogen-bond donors (Lipinski definition) is 3. The SMILES string of the molecule is CNC(=O)Cn1ccc2ccc(NC(=O)c3cc(C(C)C)[nH]n3)cc21. The highest BCUT2D eigenvalue weighted by Crippen LogP contribution is 2.21. The van der Waals surface area contributed by atoms with Crippen molar-refractivity contribution in [2.24, 2.45) is 0 Å². The second kappa shape index (κ2) is 6.80. The number of rotatable bonds is 5. The third-order valence-electron chi connectivity index (χ3n) is 4.08. The van der Waals surface area contributed by atoms with E-state index in [1.54, 1.807) is 13.1 Å². The summed E-state index contributed by atoms with van der Waals surface area (Å²) >= 11 is 0. The van der Waals surface area contributed by atoms with Crippen LogP contribution in [0.3, 0.4) is 0 Å². The quantitative estimate of drug-likeness (QED) is 0.667. The van der Waals surface area contributed by atoms with Crippen molar-refractivity contribution >= 4 is 28.4 Å². The molecule has 0 unspecified atom stereocenters. The summed E-state index contributed by atoms with van der Waals surface area (Å²) in [6.45, 7) is 4.29. The number of amides is 2. The van der Waals surface area contributed by atoms with Crippen molar-refractivity contribution in [3.05, 3.63) is 47.9 Å². The van der Waals surface area contributed by atoms with Crippen LogP contribution >= 0.6 is 0 Å². The topological polar surface area (TPSA) is 91.8 Å². The van der Waals surface area contributed by atoms with Crippen LogP contribution in [0.25, 0.3) is 10.9 Å². The van der Waals surface area contributed by atoms with E-state index in [9.17, 15) is 9.59 Å². The van der Waals surface area contributed by atoms with Gasteiger partial charge in [-0.15, -0.1) is 0 Å². The predicted octanol–water partition coefficient (Wildman–Crippen LogP) is 2.49. The monoisotopic (exact) mass is 339 g/mol.